The predicted molar refractivity (Wildman–Crippen MR) is 89.4 cm³/mol. The molecule has 108 valence electrons. The molecule has 1 N–H and O–H groups in total. The van der Waals surface area contributed by atoms with E-state index in [4.69, 9.17) is 0 Å². The molecule has 0 saturated carbocycles. The number of hydrogen-bond donors (Lipinski definition) is 1. The smallest absolute Gasteiger partial charge is 0.103 e. The molecule has 2 nitrogen and oxygen atoms in total. The van der Waals surface area contributed by atoms with Crippen LogP contribution in [0.15, 0.2) is 34.5 Å². The number of rotatable bonds is 5. The summed E-state index contributed by atoms with van der Waals surface area (Å²) in [7, 11) is 0. The summed E-state index contributed by atoms with van der Waals surface area (Å²) in [4.78, 5) is 5.81. The highest BCUT2D eigenvalue weighted by atomic mass is 32.2. The lowest BCUT2D eigenvalue weighted by Crippen LogP contribution is -2.35. The van der Waals surface area contributed by atoms with Crippen molar-refractivity contribution in [1.82, 2.24) is 10.3 Å². The van der Waals surface area contributed by atoms with Crippen molar-refractivity contribution < 1.29 is 0 Å². The number of nitrogens with zero attached hydrogens (tertiary/aromatic N) is 1. The fourth-order valence-corrected chi connectivity index (χ4v) is 3.50. The summed E-state index contributed by atoms with van der Waals surface area (Å²) >= 11 is 3.60. The molecule has 0 amide bonds. The lowest BCUT2D eigenvalue weighted by Gasteiger charge is -2.20. The number of nitrogens with one attached hydrogen (secondary N) is 1. The average molecular weight is 307 g/mol. The zero-order chi connectivity index (χ0) is 14.6. The molecule has 1 aromatic heterocycles. The molecule has 0 aliphatic rings. The summed E-state index contributed by atoms with van der Waals surface area (Å²) in [5, 5.41) is 6.83. The molecule has 2 rings (SSSR count). The van der Waals surface area contributed by atoms with Crippen molar-refractivity contribution >= 4 is 23.1 Å². The SMILES string of the molecule is Cc1csc(CSc2cccc(CNC(C)(C)C)c2)n1. The van der Waals surface area contributed by atoms with Gasteiger partial charge in [-0.2, -0.15) is 0 Å². The molecule has 4 heteroatoms. The third kappa shape index (κ3) is 5.27. The summed E-state index contributed by atoms with van der Waals surface area (Å²) in [6.07, 6.45) is 0. The average Bonchev–Trinajstić information content (AvgIpc) is 2.80. The first kappa shape index (κ1) is 15.5. The Kier molecular flexibility index (Phi) is 5.24. The summed E-state index contributed by atoms with van der Waals surface area (Å²) < 4.78 is 0. The van der Waals surface area contributed by atoms with Crippen LogP contribution in [0.2, 0.25) is 0 Å². The van der Waals surface area contributed by atoms with Crippen molar-refractivity contribution in [2.24, 2.45) is 0 Å². The molecule has 0 bridgehead atoms. The van der Waals surface area contributed by atoms with Crippen molar-refractivity contribution in [1.29, 1.82) is 0 Å². The Hall–Kier alpha value is -0.840. The molecular weight excluding hydrogens is 284 g/mol. The lowest BCUT2D eigenvalue weighted by atomic mass is 10.1. The van der Waals surface area contributed by atoms with Crippen LogP contribution in [-0.2, 0) is 12.3 Å². The second-order valence-corrected chi connectivity index (χ2v) is 7.91. The molecule has 0 spiro atoms. The van der Waals surface area contributed by atoms with E-state index in [0.29, 0.717) is 0 Å². The van der Waals surface area contributed by atoms with Gasteiger partial charge in [-0.15, -0.1) is 23.1 Å². The van der Waals surface area contributed by atoms with Crippen LogP contribution in [0, 0.1) is 6.92 Å². The third-order valence-electron chi connectivity index (χ3n) is 2.75. The van der Waals surface area contributed by atoms with Gasteiger partial charge in [0.15, 0.2) is 0 Å². The summed E-state index contributed by atoms with van der Waals surface area (Å²) in [6.45, 7) is 9.53. The maximum absolute atomic E-state index is 4.50. The molecule has 0 fully saturated rings. The molecule has 0 aliphatic carbocycles. The van der Waals surface area contributed by atoms with Gasteiger partial charge < -0.3 is 5.32 Å². The minimum absolute atomic E-state index is 0.154. The first-order valence-electron chi connectivity index (χ1n) is 6.80. The van der Waals surface area contributed by atoms with E-state index in [1.807, 2.05) is 18.7 Å². The monoisotopic (exact) mass is 306 g/mol. The lowest BCUT2D eigenvalue weighted by molar-refractivity contribution is 0.424. The van der Waals surface area contributed by atoms with Gasteiger partial charge in [0.05, 0.1) is 5.75 Å². The molecule has 1 aromatic carbocycles. The van der Waals surface area contributed by atoms with Crippen LogP contribution in [0.5, 0.6) is 0 Å². The maximum atomic E-state index is 4.50. The van der Waals surface area contributed by atoms with Gasteiger partial charge in [0.2, 0.25) is 0 Å². The van der Waals surface area contributed by atoms with E-state index in [0.717, 1.165) is 18.0 Å². The van der Waals surface area contributed by atoms with E-state index < -0.39 is 0 Å². The number of thioether (sulfide) groups is 1. The van der Waals surface area contributed by atoms with Crippen LogP contribution in [0.25, 0.3) is 0 Å². The highest BCUT2D eigenvalue weighted by Crippen LogP contribution is 2.25. The number of benzene rings is 1. The predicted octanol–water partition coefficient (Wildman–Crippen LogP) is 4.63. The van der Waals surface area contributed by atoms with Crippen molar-refractivity contribution in [3.05, 3.63) is 45.9 Å². The molecule has 0 unspecified atom stereocenters. The molecule has 20 heavy (non-hydrogen) atoms. The summed E-state index contributed by atoms with van der Waals surface area (Å²) in [5.74, 6) is 0.953. The Labute approximate surface area is 130 Å². The van der Waals surface area contributed by atoms with Crippen LogP contribution in [0.4, 0.5) is 0 Å². The molecule has 2 aromatic rings. The van der Waals surface area contributed by atoms with Gasteiger partial charge in [-0.05, 0) is 45.4 Å². The Bertz CT molecular complexity index is 556. The Morgan fingerprint density at radius 2 is 2.10 bits per heavy atom. The second-order valence-electron chi connectivity index (χ2n) is 5.92. The molecular formula is C16H22N2S2. The van der Waals surface area contributed by atoms with Gasteiger partial charge in [0.25, 0.3) is 0 Å². The van der Waals surface area contributed by atoms with E-state index in [2.05, 4.69) is 60.7 Å². The van der Waals surface area contributed by atoms with Gasteiger partial charge in [-0.25, -0.2) is 4.98 Å². The molecule has 0 radical (unpaired) electrons. The zero-order valence-electron chi connectivity index (χ0n) is 12.6. The largest absolute Gasteiger partial charge is 0.308 e. The summed E-state index contributed by atoms with van der Waals surface area (Å²) in [6, 6.07) is 8.75. The molecule has 1 heterocycles. The van der Waals surface area contributed by atoms with E-state index in [-0.39, 0.29) is 5.54 Å². The topological polar surface area (TPSA) is 24.9 Å². The Morgan fingerprint density at radius 3 is 2.75 bits per heavy atom. The van der Waals surface area contributed by atoms with Crippen molar-refractivity contribution in [3.63, 3.8) is 0 Å². The van der Waals surface area contributed by atoms with Crippen molar-refractivity contribution in [2.75, 3.05) is 0 Å². The van der Waals surface area contributed by atoms with E-state index in [9.17, 15) is 0 Å². The highest BCUT2D eigenvalue weighted by Gasteiger charge is 2.08. The number of aromatic nitrogens is 1. The van der Waals surface area contributed by atoms with Crippen LogP contribution in [0.1, 0.15) is 37.0 Å². The zero-order valence-corrected chi connectivity index (χ0v) is 14.2. The third-order valence-corrected chi connectivity index (χ3v) is 4.90. The minimum atomic E-state index is 0.154. The number of hydrogen-bond acceptors (Lipinski definition) is 4. The van der Waals surface area contributed by atoms with Crippen LogP contribution in [0.3, 0.4) is 0 Å². The summed E-state index contributed by atoms with van der Waals surface area (Å²) in [5.41, 5.74) is 2.61. The van der Waals surface area contributed by atoms with Gasteiger partial charge >= 0.3 is 0 Å². The normalized spacial score (nSPS) is 11.8. The van der Waals surface area contributed by atoms with E-state index in [1.165, 1.54) is 15.5 Å². The van der Waals surface area contributed by atoms with Crippen LogP contribution >= 0.6 is 23.1 Å². The second kappa shape index (κ2) is 6.74. The first-order chi connectivity index (χ1) is 9.42. The fraction of sp³-hybridized carbons (Fsp3) is 0.438. The van der Waals surface area contributed by atoms with Gasteiger partial charge in [0.1, 0.15) is 5.01 Å². The van der Waals surface area contributed by atoms with Crippen molar-refractivity contribution in [2.45, 2.75) is 50.4 Å². The molecule has 0 atom stereocenters. The maximum Gasteiger partial charge on any atom is 0.103 e. The van der Waals surface area contributed by atoms with Crippen LogP contribution < -0.4 is 5.32 Å². The fourth-order valence-electron chi connectivity index (χ4n) is 1.73. The van der Waals surface area contributed by atoms with Crippen molar-refractivity contribution in [3.8, 4) is 0 Å². The van der Waals surface area contributed by atoms with Gasteiger partial charge in [-0.1, -0.05) is 12.1 Å². The quantitative estimate of drug-likeness (QED) is 0.815. The first-order valence-corrected chi connectivity index (χ1v) is 8.67. The molecule has 0 aliphatic heterocycles. The van der Waals surface area contributed by atoms with Gasteiger partial charge in [0, 0.05) is 28.1 Å². The molecule has 0 saturated heterocycles. The number of thiazole rings is 1. The van der Waals surface area contributed by atoms with E-state index in [1.54, 1.807) is 11.3 Å². The van der Waals surface area contributed by atoms with Crippen LogP contribution in [-0.4, -0.2) is 10.5 Å². The highest BCUT2D eigenvalue weighted by molar-refractivity contribution is 7.98. The van der Waals surface area contributed by atoms with Gasteiger partial charge in [-0.3, -0.25) is 0 Å². The van der Waals surface area contributed by atoms with E-state index >= 15 is 0 Å². The Balaban J connectivity index is 1.92. The minimum Gasteiger partial charge on any atom is -0.308 e. The number of aryl methyl sites for hydroxylation is 1. The Morgan fingerprint density at radius 1 is 1.30 bits per heavy atom. The standard InChI is InChI=1S/C16H22N2S2/c1-12-10-20-15(18-12)11-19-14-7-5-6-13(8-14)9-17-16(2,3)4/h5-8,10,17H,9,11H2,1-4H3.